The highest BCUT2D eigenvalue weighted by atomic mass is 79.9. The lowest BCUT2D eigenvalue weighted by Crippen LogP contribution is -2.11. The van der Waals surface area contributed by atoms with E-state index >= 15 is 0 Å². The molecule has 1 heterocycles. The molecule has 1 aromatic heterocycles. The molecule has 10 heavy (non-hydrogen) atoms. The molecule has 0 amide bonds. The summed E-state index contributed by atoms with van der Waals surface area (Å²) < 4.78 is 1.06. The summed E-state index contributed by atoms with van der Waals surface area (Å²) >= 11 is 4.93. The van der Waals surface area contributed by atoms with Crippen LogP contribution in [0.25, 0.3) is 0 Å². The van der Waals surface area contributed by atoms with Crippen molar-refractivity contribution in [1.29, 1.82) is 5.41 Å². The number of rotatable bonds is 2. The Kier molecular flexibility index (Phi) is 2.45. The maximum Gasteiger partial charge on any atom is 0.0958 e. The van der Waals surface area contributed by atoms with Gasteiger partial charge in [-0.25, -0.2) is 0 Å². The van der Waals surface area contributed by atoms with Crippen LogP contribution >= 0.6 is 27.3 Å². The molecule has 0 bridgehead atoms. The van der Waals surface area contributed by atoms with Gasteiger partial charge >= 0.3 is 0 Å². The third-order valence-corrected chi connectivity index (χ3v) is 2.68. The number of nitrogens with one attached hydrogen (secondary N) is 1. The summed E-state index contributed by atoms with van der Waals surface area (Å²) in [6, 6.07) is 1.98. The second kappa shape index (κ2) is 3.16. The number of hydrogen-bond donors (Lipinski definition) is 2. The van der Waals surface area contributed by atoms with E-state index in [-0.39, 0.29) is 5.84 Å². The first-order valence-corrected chi connectivity index (χ1v) is 4.41. The lowest BCUT2D eigenvalue weighted by Gasteiger charge is -1.90. The van der Waals surface area contributed by atoms with Gasteiger partial charge in [0.2, 0.25) is 0 Å². The molecule has 0 radical (unpaired) electrons. The van der Waals surface area contributed by atoms with Crippen LogP contribution in [-0.4, -0.2) is 5.84 Å². The highest BCUT2D eigenvalue weighted by Gasteiger charge is 1.97. The SMILES string of the molecule is N=C(N)Cc1cc(Br)cs1. The molecule has 4 heteroatoms. The van der Waals surface area contributed by atoms with E-state index < -0.39 is 0 Å². The van der Waals surface area contributed by atoms with E-state index in [1.807, 2.05) is 11.4 Å². The summed E-state index contributed by atoms with van der Waals surface area (Å²) in [4.78, 5) is 1.12. The Hall–Kier alpha value is -0.350. The molecule has 1 rings (SSSR count). The van der Waals surface area contributed by atoms with Gasteiger partial charge in [0.25, 0.3) is 0 Å². The molecule has 0 atom stereocenters. The fourth-order valence-electron chi connectivity index (χ4n) is 0.634. The average Bonchev–Trinajstić information content (AvgIpc) is 2.13. The molecule has 0 aromatic carbocycles. The molecule has 0 unspecified atom stereocenters. The van der Waals surface area contributed by atoms with Crippen molar-refractivity contribution in [3.05, 3.63) is 20.8 Å². The van der Waals surface area contributed by atoms with Crippen LogP contribution in [0.15, 0.2) is 15.9 Å². The number of amidine groups is 1. The molecule has 0 aliphatic rings. The second-order valence-electron chi connectivity index (χ2n) is 1.93. The third-order valence-electron chi connectivity index (χ3n) is 0.986. The van der Waals surface area contributed by atoms with Gasteiger partial charge in [0.1, 0.15) is 0 Å². The van der Waals surface area contributed by atoms with Crippen LogP contribution in [0.5, 0.6) is 0 Å². The van der Waals surface area contributed by atoms with Crippen LogP contribution in [0.1, 0.15) is 4.88 Å². The maximum absolute atomic E-state index is 7.01. The molecule has 0 spiro atoms. The van der Waals surface area contributed by atoms with Crippen LogP contribution in [0.4, 0.5) is 0 Å². The zero-order valence-electron chi connectivity index (χ0n) is 5.23. The molecule has 0 fully saturated rings. The van der Waals surface area contributed by atoms with Crippen LogP contribution in [0, 0.1) is 5.41 Å². The molecule has 0 aliphatic heterocycles. The van der Waals surface area contributed by atoms with E-state index in [4.69, 9.17) is 11.1 Å². The molecule has 2 nitrogen and oxygen atoms in total. The van der Waals surface area contributed by atoms with Crippen LogP contribution in [-0.2, 0) is 6.42 Å². The fourth-order valence-corrected chi connectivity index (χ4v) is 2.11. The van der Waals surface area contributed by atoms with Gasteiger partial charge in [-0.15, -0.1) is 11.3 Å². The topological polar surface area (TPSA) is 49.9 Å². The normalized spacial score (nSPS) is 9.70. The van der Waals surface area contributed by atoms with Gasteiger partial charge in [0, 0.05) is 21.2 Å². The van der Waals surface area contributed by atoms with E-state index in [0.717, 1.165) is 9.35 Å². The smallest absolute Gasteiger partial charge is 0.0958 e. The number of hydrogen-bond acceptors (Lipinski definition) is 2. The summed E-state index contributed by atoms with van der Waals surface area (Å²) in [5, 5.41) is 8.99. The van der Waals surface area contributed by atoms with Crippen molar-refractivity contribution in [2.45, 2.75) is 6.42 Å². The van der Waals surface area contributed by atoms with Gasteiger partial charge in [0.15, 0.2) is 0 Å². The van der Waals surface area contributed by atoms with Crippen molar-refractivity contribution in [3.8, 4) is 0 Å². The van der Waals surface area contributed by atoms with Gasteiger partial charge in [0.05, 0.1) is 5.84 Å². The van der Waals surface area contributed by atoms with Gasteiger partial charge in [-0.1, -0.05) is 0 Å². The Morgan fingerprint density at radius 1 is 1.80 bits per heavy atom. The van der Waals surface area contributed by atoms with E-state index in [1.54, 1.807) is 11.3 Å². The number of halogens is 1. The second-order valence-corrected chi connectivity index (χ2v) is 3.84. The van der Waals surface area contributed by atoms with Crippen molar-refractivity contribution < 1.29 is 0 Å². The van der Waals surface area contributed by atoms with E-state index in [9.17, 15) is 0 Å². The molecule has 0 aliphatic carbocycles. The van der Waals surface area contributed by atoms with E-state index in [0.29, 0.717) is 6.42 Å². The average molecular weight is 219 g/mol. The monoisotopic (exact) mass is 218 g/mol. The molecular weight excluding hydrogens is 212 g/mol. The fraction of sp³-hybridized carbons (Fsp3) is 0.167. The zero-order valence-corrected chi connectivity index (χ0v) is 7.63. The van der Waals surface area contributed by atoms with Gasteiger partial charge < -0.3 is 5.73 Å². The Morgan fingerprint density at radius 2 is 2.50 bits per heavy atom. The minimum atomic E-state index is 0.217. The highest BCUT2D eigenvalue weighted by molar-refractivity contribution is 9.10. The molecule has 0 saturated carbocycles. The summed E-state index contributed by atoms with van der Waals surface area (Å²) in [6.07, 6.45) is 0.566. The standard InChI is InChI=1S/C6H7BrN2S/c7-4-1-5(10-3-4)2-6(8)9/h1,3H,2H2,(H3,8,9). The zero-order chi connectivity index (χ0) is 7.56. The van der Waals surface area contributed by atoms with Crippen molar-refractivity contribution in [1.82, 2.24) is 0 Å². The Labute approximate surface area is 71.7 Å². The lowest BCUT2D eigenvalue weighted by molar-refractivity contribution is 1.29. The minimum absolute atomic E-state index is 0.217. The Bertz CT molecular complexity index is 244. The Balaban J connectivity index is 2.67. The summed E-state index contributed by atoms with van der Waals surface area (Å²) in [7, 11) is 0. The summed E-state index contributed by atoms with van der Waals surface area (Å²) in [6.45, 7) is 0. The molecule has 1 aromatic rings. The highest BCUT2D eigenvalue weighted by Crippen LogP contribution is 2.19. The van der Waals surface area contributed by atoms with Crippen molar-refractivity contribution >= 4 is 33.1 Å². The molecule has 54 valence electrons. The Morgan fingerprint density at radius 3 is 2.90 bits per heavy atom. The van der Waals surface area contributed by atoms with Crippen molar-refractivity contribution in [2.75, 3.05) is 0 Å². The predicted molar refractivity (Wildman–Crippen MR) is 47.6 cm³/mol. The van der Waals surface area contributed by atoms with Gasteiger partial charge in [-0.2, -0.15) is 0 Å². The first kappa shape index (κ1) is 7.75. The van der Waals surface area contributed by atoms with Crippen molar-refractivity contribution in [2.24, 2.45) is 5.73 Å². The van der Waals surface area contributed by atoms with Crippen LogP contribution in [0.3, 0.4) is 0 Å². The molecule has 0 saturated heterocycles. The van der Waals surface area contributed by atoms with Crippen LogP contribution in [0.2, 0.25) is 0 Å². The summed E-state index contributed by atoms with van der Waals surface area (Å²) in [5.74, 6) is 0.217. The molecule has 3 N–H and O–H groups in total. The maximum atomic E-state index is 7.01. The van der Waals surface area contributed by atoms with Crippen molar-refractivity contribution in [3.63, 3.8) is 0 Å². The predicted octanol–water partition coefficient (Wildman–Crippen LogP) is 1.99. The van der Waals surface area contributed by atoms with Crippen LogP contribution < -0.4 is 5.73 Å². The number of thiophene rings is 1. The first-order chi connectivity index (χ1) is 4.68. The quantitative estimate of drug-likeness (QED) is 0.580. The number of nitrogens with two attached hydrogens (primary N) is 1. The largest absolute Gasteiger partial charge is 0.387 e. The summed E-state index contributed by atoms with van der Waals surface area (Å²) in [5.41, 5.74) is 5.21. The van der Waals surface area contributed by atoms with E-state index in [1.165, 1.54) is 0 Å². The first-order valence-electron chi connectivity index (χ1n) is 2.74. The molecular formula is C6H7BrN2S. The van der Waals surface area contributed by atoms with E-state index in [2.05, 4.69) is 15.9 Å². The minimum Gasteiger partial charge on any atom is -0.387 e. The lowest BCUT2D eigenvalue weighted by atomic mass is 10.3. The van der Waals surface area contributed by atoms with Gasteiger partial charge in [-0.05, 0) is 22.0 Å². The third kappa shape index (κ3) is 2.11. The van der Waals surface area contributed by atoms with Gasteiger partial charge in [-0.3, -0.25) is 5.41 Å².